The number of nitrogens with zero attached hydrogens (tertiary/aromatic N) is 1. The maximum atomic E-state index is 13.1. The molecule has 9 heteroatoms. The number of thioether (sulfide) groups is 1. The van der Waals surface area contributed by atoms with Crippen LogP contribution >= 0.6 is 35.6 Å². The van der Waals surface area contributed by atoms with Crippen LogP contribution in [0.3, 0.4) is 0 Å². The van der Waals surface area contributed by atoms with Crippen molar-refractivity contribution in [1.82, 2.24) is 0 Å². The largest absolute Gasteiger partial charge is 0.493 e. The second-order valence-corrected chi connectivity index (χ2v) is 10.5. The van der Waals surface area contributed by atoms with Gasteiger partial charge in [-0.2, -0.15) is 0 Å². The Balaban J connectivity index is 1.47. The molecule has 0 aromatic heterocycles. The Labute approximate surface area is 230 Å². The normalized spacial score (nSPS) is 14.3. The molecule has 1 saturated heterocycles. The Morgan fingerprint density at radius 3 is 2.46 bits per heavy atom. The van der Waals surface area contributed by atoms with E-state index in [1.807, 2.05) is 51.1 Å². The van der Waals surface area contributed by atoms with Crippen LogP contribution in [0.2, 0.25) is 5.02 Å². The van der Waals surface area contributed by atoms with Gasteiger partial charge in [0.05, 0.1) is 17.7 Å². The zero-order valence-electron chi connectivity index (χ0n) is 20.8. The highest BCUT2D eigenvalue weighted by atomic mass is 35.5. The maximum Gasteiger partial charge on any atom is 0.270 e. The molecule has 3 aromatic carbocycles. The molecule has 1 heterocycles. The van der Waals surface area contributed by atoms with Crippen LogP contribution in [-0.4, -0.2) is 29.9 Å². The van der Waals surface area contributed by atoms with E-state index in [4.69, 9.17) is 33.3 Å². The minimum absolute atomic E-state index is 0.179. The number of benzene rings is 3. The van der Waals surface area contributed by atoms with Gasteiger partial charge < -0.3 is 14.8 Å². The van der Waals surface area contributed by atoms with E-state index in [0.29, 0.717) is 31.4 Å². The van der Waals surface area contributed by atoms with E-state index in [1.165, 1.54) is 23.8 Å². The molecule has 1 aliphatic rings. The third kappa shape index (κ3) is 5.98. The third-order valence-electron chi connectivity index (χ3n) is 5.80. The second-order valence-electron chi connectivity index (χ2n) is 8.46. The highest BCUT2D eigenvalue weighted by Gasteiger charge is 2.33. The summed E-state index contributed by atoms with van der Waals surface area (Å²) in [5.41, 5.74) is 5.01. The summed E-state index contributed by atoms with van der Waals surface area (Å²) in [7, 11) is 1.52. The van der Waals surface area contributed by atoms with Gasteiger partial charge in [0.2, 0.25) is 0 Å². The number of carbonyl (C=O) groups excluding carboxylic acids is 2. The fourth-order valence-electron chi connectivity index (χ4n) is 3.79. The van der Waals surface area contributed by atoms with Gasteiger partial charge in [0.25, 0.3) is 11.8 Å². The molecule has 0 saturated carbocycles. The number of halogens is 1. The molecule has 0 spiro atoms. The van der Waals surface area contributed by atoms with E-state index in [9.17, 15) is 9.59 Å². The summed E-state index contributed by atoms with van der Waals surface area (Å²) in [4.78, 5) is 27.6. The van der Waals surface area contributed by atoms with Crippen LogP contribution in [0.25, 0.3) is 6.08 Å². The number of aryl methyl sites for hydroxylation is 3. The quantitative estimate of drug-likeness (QED) is 0.260. The molecule has 1 N–H and O–H groups in total. The van der Waals surface area contributed by atoms with Gasteiger partial charge in [0.1, 0.15) is 0 Å². The fraction of sp³-hybridized carbons (Fsp3) is 0.179. The Morgan fingerprint density at radius 2 is 1.78 bits per heavy atom. The van der Waals surface area contributed by atoms with Crippen molar-refractivity contribution in [2.24, 2.45) is 0 Å². The first-order chi connectivity index (χ1) is 17.7. The number of hydrogen-bond acceptors (Lipinski definition) is 6. The van der Waals surface area contributed by atoms with Crippen molar-refractivity contribution in [3.05, 3.63) is 86.8 Å². The summed E-state index contributed by atoms with van der Waals surface area (Å²) >= 11 is 12.9. The molecule has 0 radical (unpaired) electrons. The van der Waals surface area contributed by atoms with Crippen molar-refractivity contribution in [2.75, 3.05) is 23.9 Å². The maximum absolute atomic E-state index is 13.1. The molecule has 4 rings (SSSR count). The van der Waals surface area contributed by atoms with Crippen molar-refractivity contribution in [1.29, 1.82) is 0 Å². The first kappa shape index (κ1) is 26.7. The lowest BCUT2D eigenvalue weighted by Crippen LogP contribution is -2.27. The summed E-state index contributed by atoms with van der Waals surface area (Å²) < 4.78 is 11.6. The first-order valence-corrected chi connectivity index (χ1v) is 13.0. The number of amides is 2. The van der Waals surface area contributed by atoms with E-state index in [-0.39, 0.29) is 18.4 Å². The zero-order chi connectivity index (χ0) is 26.7. The van der Waals surface area contributed by atoms with Crippen LogP contribution in [0.4, 0.5) is 11.4 Å². The first-order valence-electron chi connectivity index (χ1n) is 11.4. The third-order valence-corrected chi connectivity index (χ3v) is 7.51. The molecule has 190 valence electrons. The van der Waals surface area contributed by atoms with Crippen LogP contribution in [0.1, 0.15) is 22.3 Å². The van der Waals surface area contributed by atoms with Gasteiger partial charge in [-0.1, -0.05) is 65.9 Å². The van der Waals surface area contributed by atoms with Gasteiger partial charge in [-0.3, -0.25) is 14.5 Å². The van der Waals surface area contributed by atoms with Gasteiger partial charge in [0.15, 0.2) is 22.4 Å². The topological polar surface area (TPSA) is 67.9 Å². The summed E-state index contributed by atoms with van der Waals surface area (Å²) in [6, 6.07) is 16.5. The molecule has 6 nitrogen and oxygen atoms in total. The number of methoxy groups -OCH3 is 1. The van der Waals surface area contributed by atoms with Gasteiger partial charge in [0, 0.05) is 10.7 Å². The molecule has 37 heavy (non-hydrogen) atoms. The van der Waals surface area contributed by atoms with Gasteiger partial charge >= 0.3 is 0 Å². The molecule has 2 amide bonds. The van der Waals surface area contributed by atoms with Gasteiger partial charge in [-0.05, 0) is 73.4 Å². The standard InChI is InChI=1S/C28H25ClN2O4S2/c1-16-8-10-20(14-21(16)29)31-27(33)24(37-28(31)36)13-19-9-11-22(23(12-19)34-4)35-15-25(32)30-26-17(2)6-5-7-18(26)3/h5-14H,15H2,1-4H3,(H,30,32)/b24-13-. The predicted octanol–water partition coefficient (Wildman–Crippen LogP) is 6.70. The number of nitrogens with one attached hydrogen (secondary N) is 1. The number of ether oxygens (including phenoxy) is 2. The van der Waals surface area contributed by atoms with E-state index in [2.05, 4.69) is 5.32 Å². The van der Waals surface area contributed by atoms with Crippen LogP contribution in [0.15, 0.2) is 59.5 Å². The Bertz CT molecular complexity index is 1420. The number of carbonyl (C=O) groups is 2. The number of para-hydroxylation sites is 1. The van der Waals surface area contributed by atoms with Crippen molar-refractivity contribution in [3.63, 3.8) is 0 Å². The molecule has 0 unspecified atom stereocenters. The predicted molar refractivity (Wildman–Crippen MR) is 155 cm³/mol. The SMILES string of the molecule is COc1cc(/C=C2\SC(=S)N(c3ccc(C)c(Cl)c3)C2=O)ccc1OCC(=O)Nc1c(C)cccc1C. The van der Waals surface area contributed by atoms with E-state index in [0.717, 1.165) is 27.9 Å². The molecule has 0 bridgehead atoms. The lowest BCUT2D eigenvalue weighted by Gasteiger charge is -2.15. The van der Waals surface area contributed by atoms with Crippen LogP contribution in [-0.2, 0) is 9.59 Å². The second kappa shape index (κ2) is 11.4. The monoisotopic (exact) mass is 552 g/mol. The number of hydrogen-bond donors (Lipinski definition) is 1. The molecule has 0 atom stereocenters. The molecule has 0 aliphatic carbocycles. The lowest BCUT2D eigenvalue weighted by atomic mass is 10.1. The minimum Gasteiger partial charge on any atom is -0.493 e. The van der Waals surface area contributed by atoms with E-state index in [1.54, 1.807) is 30.3 Å². The van der Waals surface area contributed by atoms with Crippen molar-refractivity contribution in [3.8, 4) is 11.5 Å². The summed E-state index contributed by atoms with van der Waals surface area (Å²) in [6.07, 6.45) is 1.75. The molecule has 1 aliphatic heterocycles. The van der Waals surface area contributed by atoms with Crippen molar-refractivity contribution < 1.29 is 19.1 Å². The molecular weight excluding hydrogens is 528 g/mol. The molecule has 1 fully saturated rings. The van der Waals surface area contributed by atoms with Crippen LogP contribution in [0.5, 0.6) is 11.5 Å². The average molecular weight is 553 g/mol. The average Bonchev–Trinajstić information content (AvgIpc) is 3.14. The van der Waals surface area contributed by atoms with Crippen LogP contribution in [0, 0.1) is 20.8 Å². The Hall–Kier alpha value is -3.33. The lowest BCUT2D eigenvalue weighted by molar-refractivity contribution is -0.118. The van der Waals surface area contributed by atoms with Crippen molar-refractivity contribution >= 4 is 69.2 Å². The van der Waals surface area contributed by atoms with E-state index >= 15 is 0 Å². The number of anilines is 2. The Kier molecular flexibility index (Phi) is 8.22. The smallest absolute Gasteiger partial charge is 0.270 e. The minimum atomic E-state index is -0.275. The van der Waals surface area contributed by atoms with Crippen molar-refractivity contribution in [2.45, 2.75) is 20.8 Å². The highest BCUT2D eigenvalue weighted by molar-refractivity contribution is 8.27. The summed E-state index contributed by atoms with van der Waals surface area (Å²) in [5.74, 6) is 0.355. The number of thiocarbonyl (C=S) groups is 1. The Morgan fingerprint density at radius 1 is 1.05 bits per heavy atom. The van der Waals surface area contributed by atoms with Crippen LogP contribution < -0.4 is 19.7 Å². The van der Waals surface area contributed by atoms with E-state index < -0.39 is 0 Å². The molecular formula is C28H25ClN2O4S2. The zero-order valence-corrected chi connectivity index (χ0v) is 23.1. The van der Waals surface area contributed by atoms with Gasteiger partial charge in [-0.15, -0.1) is 0 Å². The summed E-state index contributed by atoms with van der Waals surface area (Å²) in [5, 5.41) is 3.47. The summed E-state index contributed by atoms with van der Waals surface area (Å²) in [6.45, 7) is 5.60. The van der Waals surface area contributed by atoms with Gasteiger partial charge in [-0.25, -0.2) is 0 Å². The highest BCUT2D eigenvalue weighted by Crippen LogP contribution is 2.38. The fourth-order valence-corrected chi connectivity index (χ4v) is 5.26. The molecule has 3 aromatic rings. The number of rotatable bonds is 7.